The van der Waals surface area contributed by atoms with E-state index in [0.717, 1.165) is 48.7 Å². The van der Waals surface area contributed by atoms with Crippen LogP contribution in [-0.2, 0) is 4.74 Å². The van der Waals surface area contributed by atoms with E-state index in [1.54, 1.807) is 16.8 Å². The molecule has 4 aromatic rings. The Bertz CT molecular complexity index is 1320. The molecular formula is C23H23N5O5. The van der Waals surface area contributed by atoms with Crippen molar-refractivity contribution in [1.29, 1.82) is 0 Å². The van der Waals surface area contributed by atoms with Gasteiger partial charge < -0.3 is 29.2 Å². The molecule has 0 unspecified atom stereocenters. The number of furan rings is 1. The average molecular weight is 449 g/mol. The Balaban J connectivity index is 1.28. The molecule has 1 amide bonds. The maximum Gasteiger partial charge on any atom is 0.404 e. The van der Waals surface area contributed by atoms with E-state index in [9.17, 15) is 4.79 Å². The molecular weight excluding hydrogens is 426 g/mol. The third-order valence-electron chi connectivity index (χ3n) is 6.19. The van der Waals surface area contributed by atoms with Crippen molar-refractivity contribution in [2.45, 2.75) is 25.0 Å². The fourth-order valence-corrected chi connectivity index (χ4v) is 4.46. The summed E-state index contributed by atoms with van der Waals surface area (Å²) in [6.07, 6.45) is 1.91. The Labute approximate surface area is 188 Å². The van der Waals surface area contributed by atoms with Crippen molar-refractivity contribution in [2.24, 2.45) is 0 Å². The molecule has 6 rings (SSSR count). The number of aromatic nitrogens is 3. The van der Waals surface area contributed by atoms with Crippen LogP contribution in [0.25, 0.3) is 28.1 Å². The zero-order valence-corrected chi connectivity index (χ0v) is 17.8. The predicted octanol–water partition coefficient (Wildman–Crippen LogP) is 3.16. The van der Waals surface area contributed by atoms with Crippen LogP contribution in [0.15, 0.2) is 47.0 Å². The van der Waals surface area contributed by atoms with Crippen LogP contribution in [-0.4, -0.2) is 64.2 Å². The minimum atomic E-state index is -1.01. The van der Waals surface area contributed by atoms with Crippen molar-refractivity contribution < 1.29 is 23.8 Å². The van der Waals surface area contributed by atoms with Gasteiger partial charge in [0.15, 0.2) is 11.4 Å². The lowest BCUT2D eigenvalue weighted by molar-refractivity contribution is 0.0782. The van der Waals surface area contributed by atoms with Gasteiger partial charge in [-0.15, -0.1) is 5.10 Å². The maximum atomic E-state index is 10.7. The van der Waals surface area contributed by atoms with Gasteiger partial charge in [-0.2, -0.15) is 0 Å². The summed E-state index contributed by atoms with van der Waals surface area (Å²) in [5, 5.41) is 16.9. The monoisotopic (exact) mass is 449 g/mol. The molecule has 1 saturated heterocycles. The minimum Gasteiger partial charge on any atom is -0.473 e. The predicted molar refractivity (Wildman–Crippen MR) is 120 cm³/mol. The summed E-state index contributed by atoms with van der Waals surface area (Å²) in [7, 11) is 0. The first-order valence-electron chi connectivity index (χ1n) is 11.0. The van der Waals surface area contributed by atoms with Crippen molar-refractivity contribution in [3.8, 4) is 17.3 Å². The highest BCUT2D eigenvalue weighted by Crippen LogP contribution is 2.35. The van der Waals surface area contributed by atoms with Crippen LogP contribution < -0.4 is 15.0 Å². The maximum absolute atomic E-state index is 10.7. The molecule has 33 heavy (non-hydrogen) atoms. The van der Waals surface area contributed by atoms with Gasteiger partial charge in [0.2, 0.25) is 5.88 Å². The van der Waals surface area contributed by atoms with Gasteiger partial charge in [0.1, 0.15) is 17.4 Å². The van der Waals surface area contributed by atoms with E-state index >= 15 is 0 Å². The third kappa shape index (κ3) is 3.72. The van der Waals surface area contributed by atoms with Crippen LogP contribution >= 0.6 is 0 Å². The number of hydrogen-bond acceptors (Lipinski definition) is 7. The molecule has 1 aliphatic heterocycles. The van der Waals surface area contributed by atoms with Crippen LogP contribution in [0, 0.1) is 0 Å². The van der Waals surface area contributed by atoms with Crippen LogP contribution in [0.2, 0.25) is 0 Å². The quantitative estimate of drug-likeness (QED) is 0.478. The van der Waals surface area contributed by atoms with Crippen molar-refractivity contribution in [1.82, 2.24) is 19.9 Å². The second-order valence-corrected chi connectivity index (χ2v) is 8.34. The Hall–Kier alpha value is -3.79. The number of benzene rings is 1. The number of carbonyl (C=O) groups is 1. The molecule has 3 aromatic heterocycles. The Morgan fingerprint density at radius 2 is 2.03 bits per heavy atom. The van der Waals surface area contributed by atoms with Gasteiger partial charge in [-0.05, 0) is 24.3 Å². The molecule has 0 spiro atoms. The fraction of sp³-hybridized carbons (Fsp3) is 0.348. The second-order valence-electron chi connectivity index (χ2n) is 8.34. The van der Waals surface area contributed by atoms with Gasteiger partial charge >= 0.3 is 6.09 Å². The number of rotatable bonds is 5. The van der Waals surface area contributed by atoms with E-state index in [4.69, 9.17) is 19.0 Å². The highest BCUT2D eigenvalue weighted by molar-refractivity contribution is 5.94. The summed E-state index contributed by atoms with van der Waals surface area (Å²) in [5.74, 6) is 1.14. The molecule has 1 aromatic carbocycles. The van der Waals surface area contributed by atoms with Gasteiger partial charge in [0, 0.05) is 49.1 Å². The molecule has 10 nitrogen and oxygen atoms in total. The number of fused-ring (bicyclic) bond motifs is 2. The SMILES string of the molecule is O=C(O)NC1CC(Oc2ccc3ncc(-c4cc5c(N6CCOCC6)cccc5o4)n3n2)C1. The smallest absolute Gasteiger partial charge is 0.404 e. The number of ether oxygens (including phenoxy) is 2. The van der Waals surface area contributed by atoms with Gasteiger partial charge in [-0.1, -0.05) is 6.07 Å². The summed E-state index contributed by atoms with van der Waals surface area (Å²) < 4.78 is 19.3. The fourth-order valence-electron chi connectivity index (χ4n) is 4.46. The number of anilines is 1. The molecule has 1 aliphatic carbocycles. The number of amides is 1. The Kier molecular flexibility index (Phi) is 4.79. The minimum absolute atomic E-state index is 0.0685. The normalized spacial score (nSPS) is 20.7. The largest absolute Gasteiger partial charge is 0.473 e. The summed E-state index contributed by atoms with van der Waals surface area (Å²) in [5.41, 5.74) is 3.36. The molecule has 0 atom stereocenters. The Morgan fingerprint density at radius 1 is 1.18 bits per heavy atom. The van der Waals surface area contributed by atoms with Crippen molar-refractivity contribution in [3.63, 3.8) is 0 Å². The van der Waals surface area contributed by atoms with E-state index < -0.39 is 6.09 Å². The topological polar surface area (TPSA) is 114 Å². The van der Waals surface area contributed by atoms with E-state index in [0.29, 0.717) is 30.1 Å². The first-order valence-corrected chi connectivity index (χ1v) is 11.0. The summed E-state index contributed by atoms with van der Waals surface area (Å²) in [6, 6.07) is 11.7. The molecule has 0 radical (unpaired) electrons. The zero-order chi connectivity index (χ0) is 22.4. The van der Waals surface area contributed by atoms with E-state index in [1.165, 1.54) is 0 Å². The first kappa shape index (κ1) is 19.9. The van der Waals surface area contributed by atoms with Gasteiger partial charge in [0.05, 0.1) is 19.4 Å². The lowest BCUT2D eigenvalue weighted by Gasteiger charge is -2.34. The van der Waals surface area contributed by atoms with Gasteiger partial charge in [-0.25, -0.2) is 14.3 Å². The standard InChI is InChI=1S/C23H23N5O5/c29-23(30)25-14-10-15(11-14)32-22-5-4-21-24-13-18(28(21)26-22)20-12-16-17(2-1-3-19(16)33-20)27-6-8-31-9-7-27/h1-5,12-15,25H,6-11H2,(H,29,30). The number of morpholine rings is 1. The molecule has 2 aliphatic rings. The number of hydrogen-bond donors (Lipinski definition) is 2. The summed E-state index contributed by atoms with van der Waals surface area (Å²) in [6.45, 7) is 3.13. The molecule has 1 saturated carbocycles. The molecule has 0 bridgehead atoms. The molecule has 2 N–H and O–H groups in total. The van der Waals surface area contributed by atoms with Crippen molar-refractivity contribution in [3.05, 3.63) is 42.6 Å². The summed E-state index contributed by atoms with van der Waals surface area (Å²) in [4.78, 5) is 17.5. The van der Waals surface area contributed by atoms with Crippen molar-refractivity contribution in [2.75, 3.05) is 31.2 Å². The summed E-state index contributed by atoms with van der Waals surface area (Å²) >= 11 is 0. The number of nitrogens with one attached hydrogen (secondary N) is 1. The lowest BCUT2D eigenvalue weighted by Crippen LogP contribution is -2.48. The lowest BCUT2D eigenvalue weighted by atomic mass is 9.89. The third-order valence-corrected chi connectivity index (χ3v) is 6.19. The van der Waals surface area contributed by atoms with Gasteiger partial charge in [-0.3, -0.25) is 0 Å². The van der Waals surface area contributed by atoms with Crippen LogP contribution in [0.3, 0.4) is 0 Å². The highest BCUT2D eigenvalue weighted by atomic mass is 16.5. The average Bonchev–Trinajstić information content (AvgIpc) is 3.41. The zero-order valence-electron chi connectivity index (χ0n) is 17.8. The van der Waals surface area contributed by atoms with E-state index in [-0.39, 0.29) is 12.1 Å². The van der Waals surface area contributed by atoms with Crippen LogP contribution in [0.5, 0.6) is 5.88 Å². The first-order chi connectivity index (χ1) is 16.1. The molecule has 2 fully saturated rings. The van der Waals surface area contributed by atoms with E-state index in [2.05, 4.69) is 26.4 Å². The number of carboxylic acid groups (broad SMARTS) is 1. The second kappa shape index (κ2) is 7.96. The molecule has 170 valence electrons. The van der Waals surface area contributed by atoms with Crippen LogP contribution in [0.4, 0.5) is 10.5 Å². The van der Waals surface area contributed by atoms with Crippen molar-refractivity contribution >= 4 is 28.4 Å². The van der Waals surface area contributed by atoms with E-state index in [1.807, 2.05) is 24.3 Å². The number of nitrogens with zero attached hydrogens (tertiary/aromatic N) is 4. The van der Waals surface area contributed by atoms with Gasteiger partial charge in [0.25, 0.3) is 0 Å². The number of imidazole rings is 1. The molecule has 10 heteroatoms. The Morgan fingerprint density at radius 3 is 2.85 bits per heavy atom. The molecule has 4 heterocycles. The highest BCUT2D eigenvalue weighted by Gasteiger charge is 2.32. The van der Waals surface area contributed by atoms with Crippen LogP contribution in [0.1, 0.15) is 12.8 Å².